The van der Waals surface area contributed by atoms with Gasteiger partial charge in [0.2, 0.25) is 0 Å². The number of rotatable bonds is 4. The predicted octanol–water partition coefficient (Wildman–Crippen LogP) is 3.78. The molecule has 0 fully saturated rings. The van der Waals surface area contributed by atoms with E-state index < -0.39 is 20.4 Å². The Hall–Kier alpha value is -1.65. The van der Waals surface area contributed by atoms with E-state index in [0.29, 0.717) is 10.6 Å². The van der Waals surface area contributed by atoms with Crippen molar-refractivity contribution in [3.8, 4) is 0 Å². The van der Waals surface area contributed by atoms with Crippen LogP contribution in [0, 0.1) is 0 Å². The lowest BCUT2D eigenvalue weighted by Gasteiger charge is -2.23. The smallest absolute Gasteiger partial charge is 0.190 e. The van der Waals surface area contributed by atoms with E-state index in [4.69, 9.17) is 11.6 Å². The van der Waals surface area contributed by atoms with E-state index in [-0.39, 0.29) is 4.90 Å². The lowest BCUT2D eigenvalue weighted by Crippen LogP contribution is -2.40. The second kappa shape index (κ2) is 5.62. The Morgan fingerprint density at radius 1 is 0.952 bits per heavy atom. The third kappa shape index (κ3) is 2.87. The topological polar surface area (TPSA) is 51.2 Å². The first-order chi connectivity index (χ1) is 9.76. The minimum atomic E-state index is -3.81. The van der Waals surface area contributed by atoms with Crippen LogP contribution in [0.3, 0.4) is 0 Å². The Bertz CT molecular complexity index is 748. The summed E-state index contributed by atoms with van der Waals surface area (Å²) in [4.78, 5) is 12.6. The zero-order valence-corrected chi connectivity index (χ0v) is 13.3. The molecule has 0 aliphatic heterocycles. The number of carbonyl (C=O) groups excluding carboxylic acids is 1. The third-order valence-electron chi connectivity index (χ3n) is 3.38. The highest BCUT2D eigenvalue weighted by Crippen LogP contribution is 2.29. The van der Waals surface area contributed by atoms with Gasteiger partial charge in [0, 0.05) is 10.6 Å². The SMILES string of the molecule is CC(C)(C(=O)c1ccccc1)S(=O)(=O)c1ccc(Cl)cc1. The summed E-state index contributed by atoms with van der Waals surface area (Å²) in [5.41, 5.74) is 0.375. The van der Waals surface area contributed by atoms with E-state index in [1.54, 1.807) is 30.3 Å². The molecule has 0 radical (unpaired) electrons. The van der Waals surface area contributed by atoms with Gasteiger partial charge in [-0.15, -0.1) is 0 Å². The Balaban J connectivity index is 2.47. The molecule has 2 rings (SSSR count). The van der Waals surface area contributed by atoms with Crippen molar-refractivity contribution in [1.82, 2.24) is 0 Å². The molecule has 21 heavy (non-hydrogen) atoms. The Kier molecular flexibility index (Phi) is 4.21. The molecule has 0 N–H and O–H groups in total. The van der Waals surface area contributed by atoms with Crippen LogP contribution in [0.15, 0.2) is 59.5 Å². The second-order valence-electron chi connectivity index (χ2n) is 5.16. The van der Waals surface area contributed by atoms with Crippen LogP contribution in [0.25, 0.3) is 0 Å². The van der Waals surface area contributed by atoms with Crippen LogP contribution in [0.2, 0.25) is 5.02 Å². The zero-order chi connectivity index (χ0) is 15.7. The van der Waals surface area contributed by atoms with Gasteiger partial charge >= 0.3 is 0 Å². The van der Waals surface area contributed by atoms with Crippen LogP contribution in [0.5, 0.6) is 0 Å². The number of Topliss-reactive ketones (excluding diaryl/α,β-unsaturated/α-hetero) is 1. The molecule has 0 aliphatic carbocycles. The van der Waals surface area contributed by atoms with Crippen LogP contribution in [0.1, 0.15) is 24.2 Å². The van der Waals surface area contributed by atoms with Crippen molar-refractivity contribution < 1.29 is 13.2 Å². The van der Waals surface area contributed by atoms with E-state index in [1.807, 2.05) is 0 Å². The second-order valence-corrected chi connectivity index (χ2v) is 8.10. The molecule has 0 unspecified atom stereocenters. The van der Waals surface area contributed by atoms with Gasteiger partial charge in [-0.25, -0.2) is 8.42 Å². The first-order valence-electron chi connectivity index (χ1n) is 6.37. The van der Waals surface area contributed by atoms with Gasteiger partial charge in [-0.05, 0) is 38.1 Å². The fourth-order valence-corrected chi connectivity index (χ4v) is 3.54. The Morgan fingerprint density at radius 2 is 1.48 bits per heavy atom. The van der Waals surface area contributed by atoms with Crippen LogP contribution >= 0.6 is 11.6 Å². The summed E-state index contributed by atoms with van der Waals surface area (Å²) < 4.78 is 23.9. The molecule has 3 nitrogen and oxygen atoms in total. The standard InChI is InChI=1S/C16H15ClO3S/c1-16(2,15(18)12-6-4-3-5-7-12)21(19,20)14-10-8-13(17)9-11-14/h3-11H,1-2H3. The lowest BCUT2D eigenvalue weighted by molar-refractivity contribution is 0.0953. The van der Waals surface area contributed by atoms with Gasteiger partial charge in [-0.1, -0.05) is 41.9 Å². The van der Waals surface area contributed by atoms with E-state index in [0.717, 1.165) is 0 Å². The number of hydrogen-bond acceptors (Lipinski definition) is 3. The first kappa shape index (κ1) is 15.7. The normalized spacial score (nSPS) is 12.1. The molecule has 2 aromatic carbocycles. The van der Waals surface area contributed by atoms with Crippen LogP contribution in [-0.4, -0.2) is 18.9 Å². The van der Waals surface area contributed by atoms with Gasteiger partial charge in [0.25, 0.3) is 0 Å². The summed E-state index contributed by atoms with van der Waals surface area (Å²) in [6.45, 7) is 2.85. The van der Waals surface area contributed by atoms with E-state index in [1.165, 1.54) is 38.1 Å². The Morgan fingerprint density at radius 3 is 2.00 bits per heavy atom. The summed E-state index contributed by atoms with van der Waals surface area (Å²) in [6.07, 6.45) is 0. The molecule has 0 atom stereocenters. The molecule has 0 amide bonds. The maximum Gasteiger partial charge on any atom is 0.190 e. The summed E-state index contributed by atoms with van der Waals surface area (Å²) >= 11 is 5.77. The van der Waals surface area contributed by atoms with Crippen molar-refractivity contribution in [3.63, 3.8) is 0 Å². The molecule has 110 valence electrons. The molecule has 5 heteroatoms. The van der Waals surface area contributed by atoms with Crippen molar-refractivity contribution in [2.45, 2.75) is 23.5 Å². The van der Waals surface area contributed by atoms with Gasteiger partial charge in [-0.2, -0.15) is 0 Å². The van der Waals surface area contributed by atoms with Crippen LogP contribution in [-0.2, 0) is 9.84 Å². The van der Waals surface area contributed by atoms with Crippen molar-refractivity contribution in [1.29, 1.82) is 0 Å². The Labute approximate surface area is 129 Å². The van der Waals surface area contributed by atoms with Gasteiger partial charge in [0.1, 0.15) is 4.75 Å². The van der Waals surface area contributed by atoms with Crippen molar-refractivity contribution in [2.75, 3.05) is 0 Å². The highest BCUT2D eigenvalue weighted by Gasteiger charge is 2.42. The summed E-state index contributed by atoms with van der Waals surface area (Å²) in [6, 6.07) is 14.2. The molecule has 0 aliphatic rings. The molecule has 0 heterocycles. The predicted molar refractivity (Wildman–Crippen MR) is 83.5 cm³/mol. The van der Waals surface area contributed by atoms with Crippen molar-refractivity contribution in [2.24, 2.45) is 0 Å². The quantitative estimate of drug-likeness (QED) is 0.805. The van der Waals surface area contributed by atoms with Crippen LogP contribution in [0.4, 0.5) is 0 Å². The zero-order valence-electron chi connectivity index (χ0n) is 11.7. The largest absolute Gasteiger partial charge is 0.292 e. The maximum absolute atomic E-state index is 12.7. The average Bonchev–Trinajstić information content (AvgIpc) is 2.47. The minimum absolute atomic E-state index is 0.0844. The van der Waals surface area contributed by atoms with E-state index in [2.05, 4.69) is 0 Å². The van der Waals surface area contributed by atoms with E-state index in [9.17, 15) is 13.2 Å². The van der Waals surface area contributed by atoms with Crippen LogP contribution < -0.4 is 0 Å². The summed E-state index contributed by atoms with van der Waals surface area (Å²) in [5, 5.41) is 0.446. The summed E-state index contributed by atoms with van der Waals surface area (Å²) in [5.74, 6) is -0.432. The number of halogens is 1. The minimum Gasteiger partial charge on any atom is -0.292 e. The number of hydrogen-bond donors (Lipinski definition) is 0. The monoisotopic (exact) mass is 322 g/mol. The number of sulfone groups is 1. The fraction of sp³-hybridized carbons (Fsp3) is 0.188. The number of ketones is 1. The maximum atomic E-state index is 12.7. The number of carbonyl (C=O) groups is 1. The van der Waals surface area contributed by atoms with Crippen molar-refractivity contribution in [3.05, 3.63) is 65.2 Å². The first-order valence-corrected chi connectivity index (χ1v) is 8.23. The van der Waals surface area contributed by atoms with E-state index >= 15 is 0 Å². The highest BCUT2D eigenvalue weighted by atomic mass is 35.5. The molecule has 0 saturated carbocycles. The van der Waals surface area contributed by atoms with Gasteiger partial charge in [0.15, 0.2) is 15.6 Å². The van der Waals surface area contributed by atoms with Gasteiger partial charge in [0.05, 0.1) is 4.90 Å². The molecule has 0 aromatic heterocycles. The van der Waals surface area contributed by atoms with Crippen molar-refractivity contribution >= 4 is 27.2 Å². The number of benzene rings is 2. The molecule has 2 aromatic rings. The van der Waals surface area contributed by atoms with Gasteiger partial charge < -0.3 is 0 Å². The molecule has 0 spiro atoms. The lowest BCUT2D eigenvalue weighted by atomic mass is 10.0. The fourth-order valence-electron chi connectivity index (χ4n) is 1.97. The average molecular weight is 323 g/mol. The molecule has 0 bridgehead atoms. The third-order valence-corrected chi connectivity index (χ3v) is 6.05. The molecule has 0 saturated heterocycles. The summed E-state index contributed by atoms with van der Waals surface area (Å²) in [7, 11) is -3.81. The molecular weight excluding hydrogens is 308 g/mol. The molecular formula is C16H15ClO3S. The highest BCUT2D eigenvalue weighted by molar-refractivity contribution is 7.93. The van der Waals surface area contributed by atoms with Gasteiger partial charge in [-0.3, -0.25) is 4.79 Å².